The molecular formula is C25H19F3O. The van der Waals surface area contributed by atoms with Gasteiger partial charge in [0.15, 0.2) is 17.5 Å². The van der Waals surface area contributed by atoms with Gasteiger partial charge in [0.1, 0.15) is 12.4 Å². The molecule has 4 heteroatoms. The fourth-order valence-corrected chi connectivity index (χ4v) is 3.27. The SMILES string of the molecule is CCc1ccc(OCc2ccc(-c3ccc4c(F)c(F)c(F)cc4c3)cc2)cc1. The van der Waals surface area contributed by atoms with Crippen LogP contribution in [0.15, 0.2) is 72.8 Å². The molecule has 0 N–H and O–H groups in total. The maximum Gasteiger partial charge on any atom is 0.195 e. The van der Waals surface area contributed by atoms with Crippen LogP contribution in [-0.2, 0) is 13.0 Å². The number of hydrogen-bond donors (Lipinski definition) is 0. The Balaban J connectivity index is 1.51. The van der Waals surface area contributed by atoms with Crippen LogP contribution in [0, 0.1) is 17.5 Å². The normalized spacial score (nSPS) is 11.0. The van der Waals surface area contributed by atoms with Crippen LogP contribution in [0.1, 0.15) is 18.1 Å². The van der Waals surface area contributed by atoms with E-state index in [1.165, 1.54) is 11.6 Å². The Morgan fingerprint density at radius 2 is 1.34 bits per heavy atom. The highest BCUT2D eigenvalue weighted by Gasteiger charge is 2.13. The molecule has 0 aromatic heterocycles. The molecule has 0 amide bonds. The highest BCUT2D eigenvalue weighted by Crippen LogP contribution is 2.28. The minimum absolute atomic E-state index is 0.0618. The molecule has 146 valence electrons. The third kappa shape index (κ3) is 3.97. The first-order chi connectivity index (χ1) is 14.0. The van der Waals surface area contributed by atoms with Crippen LogP contribution in [-0.4, -0.2) is 0 Å². The van der Waals surface area contributed by atoms with Crippen molar-refractivity contribution in [2.75, 3.05) is 0 Å². The van der Waals surface area contributed by atoms with Gasteiger partial charge in [-0.05, 0) is 58.3 Å². The summed E-state index contributed by atoms with van der Waals surface area (Å²) < 4.78 is 46.6. The molecular weight excluding hydrogens is 373 g/mol. The first-order valence-corrected chi connectivity index (χ1v) is 9.43. The van der Waals surface area contributed by atoms with Crippen molar-refractivity contribution in [3.63, 3.8) is 0 Å². The van der Waals surface area contributed by atoms with Gasteiger partial charge in [-0.25, -0.2) is 13.2 Å². The molecule has 0 radical (unpaired) electrons. The van der Waals surface area contributed by atoms with E-state index in [2.05, 4.69) is 19.1 Å². The molecule has 0 bridgehead atoms. The molecule has 0 aliphatic rings. The fourth-order valence-electron chi connectivity index (χ4n) is 3.27. The van der Waals surface area contributed by atoms with E-state index in [4.69, 9.17) is 4.74 Å². The first kappa shape index (κ1) is 19.1. The molecule has 4 rings (SSSR count). The Kier molecular flexibility index (Phi) is 5.26. The molecule has 0 atom stereocenters. The highest BCUT2D eigenvalue weighted by molar-refractivity contribution is 5.88. The molecule has 29 heavy (non-hydrogen) atoms. The number of aryl methyl sites for hydroxylation is 1. The lowest BCUT2D eigenvalue weighted by molar-refractivity contribution is 0.306. The zero-order chi connectivity index (χ0) is 20.4. The lowest BCUT2D eigenvalue weighted by Gasteiger charge is -2.09. The predicted molar refractivity (Wildman–Crippen MR) is 109 cm³/mol. The van der Waals surface area contributed by atoms with E-state index in [-0.39, 0.29) is 5.39 Å². The van der Waals surface area contributed by atoms with Crippen LogP contribution in [0.2, 0.25) is 0 Å². The van der Waals surface area contributed by atoms with E-state index in [0.29, 0.717) is 12.0 Å². The molecule has 0 saturated heterocycles. The Bertz CT molecular complexity index is 1150. The number of hydrogen-bond acceptors (Lipinski definition) is 1. The summed E-state index contributed by atoms with van der Waals surface area (Å²) in [5.41, 5.74) is 3.96. The Morgan fingerprint density at radius 1 is 0.690 bits per heavy atom. The van der Waals surface area contributed by atoms with Crippen LogP contribution < -0.4 is 4.74 Å². The van der Waals surface area contributed by atoms with Gasteiger partial charge in [-0.1, -0.05) is 55.5 Å². The molecule has 0 aliphatic carbocycles. The molecule has 0 saturated carbocycles. The van der Waals surface area contributed by atoms with E-state index < -0.39 is 17.5 Å². The Morgan fingerprint density at radius 3 is 2.03 bits per heavy atom. The van der Waals surface area contributed by atoms with Gasteiger partial charge < -0.3 is 4.74 Å². The van der Waals surface area contributed by atoms with Crippen molar-refractivity contribution in [3.05, 3.63) is 101 Å². The van der Waals surface area contributed by atoms with Gasteiger partial charge in [0.25, 0.3) is 0 Å². The summed E-state index contributed by atoms with van der Waals surface area (Å²) >= 11 is 0. The molecule has 1 nitrogen and oxygen atoms in total. The minimum atomic E-state index is -1.45. The quantitative estimate of drug-likeness (QED) is 0.330. The molecule has 4 aromatic carbocycles. The van der Waals surface area contributed by atoms with Gasteiger partial charge in [0.2, 0.25) is 0 Å². The lowest BCUT2D eigenvalue weighted by Crippen LogP contribution is -1.95. The average molecular weight is 392 g/mol. The number of halogens is 3. The lowest BCUT2D eigenvalue weighted by atomic mass is 10.00. The maximum absolute atomic E-state index is 13.9. The second-order valence-corrected chi connectivity index (χ2v) is 6.91. The average Bonchev–Trinajstić information content (AvgIpc) is 2.76. The fraction of sp³-hybridized carbons (Fsp3) is 0.120. The van der Waals surface area contributed by atoms with Crippen LogP contribution in [0.5, 0.6) is 5.75 Å². The van der Waals surface area contributed by atoms with Crippen molar-refractivity contribution in [2.45, 2.75) is 20.0 Å². The van der Waals surface area contributed by atoms with E-state index in [1.807, 2.05) is 36.4 Å². The van der Waals surface area contributed by atoms with Crippen LogP contribution in [0.4, 0.5) is 13.2 Å². The van der Waals surface area contributed by atoms with Crippen molar-refractivity contribution in [3.8, 4) is 16.9 Å². The monoisotopic (exact) mass is 392 g/mol. The second-order valence-electron chi connectivity index (χ2n) is 6.91. The molecule has 0 aliphatic heterocycles. The summed E-state index contributed by atoms with van der Waals surface area (Å²) in [5, 5.41) is 0.383. The summed E-state index contributed by atoms with van der Waals surface area (Å²) in [4.78, 5) is 0. The number of ether oxygens (including phenoxy) is 1. The zero-order valence-corrected chi connectivity index (χ0v) is 15.9. The van der Waals surface area contributed by atoms with Crippen molar-refractivity contribution >= 4 is 10.8 Å². The topological polar surface area (TPSA) is 9.23 Å². The van der Waals surface area contributed by atoms with Gasteiger partial charge in [0.05, 0.1) is 0 Å². The molecule has 0 heterocycles. The second kappa shape index (κ2) is 8.00. The zero-order valence-electron chi connectivity index (χ0n) is 15.9. The van der Waals surface area contributed by atoms with Crippen molar-refractivity contribution in [1.82, 2.24) is 0 Å². The van der Waals surface area contributed by atoms with Crippen LogP contribution in [0.25, 0.3) is 21.9 Å². The molecule has 0 unspecified atom stereocenters. The summed E-state index contributed by atoms with van der Waals surface area (Å²) in [6.45, 7) is 2.55. The van der Waals surface area contributed by atoms with E-state index in [0.717, 1.165) is 34.9 Å². The van der Waals surface area contributed by atoms with E-state index in [1.54, 1.807) is 12.1 Å². The van der Waals surface area contributed by atoms with Gasteiger partial charge in [0, 0.05) is 5.39 Å². The Labute approximate surface area is 167 Å². The van der Waals surface area contributed by atoms with Crippen molar-refractivity contribution in [1.29, 1.82) is 0 Å². The van der Waals surface area contributed by atoms with E-state index >= 15 is 0 Å². The first-order valence-electron chi connectivity index (χ1n) is 9.43. The standard InChI is InChI=1S/C25H19F3O/c1-2-16-5-10-21(11-6-16)29-15-17-3-7-18(8-4-17)19-9-12-22-20(13-19)14-23(26)25(28)24(22)27/h3-14H,2,15H2,1H3. The van der Waals surface area contributed by atoms with Gasteiger partial charge in [-0.2, -0.15) is 0 Å². The summed E-state index contributed by atoms with van der Waals surface area (Å²) in [7, 11) is 0. The summed E-state index contributed by atoms with van der Waals surface area (Å²) in [6.07, 6.45) is 0.991. The molecule has 4 aromatic rings. The smallest absolute Gasteiger partial charge is 0.195 e. The number of fused-ring (bicyclic) bond motifs is 1. The molecule has 0 spiro atoms. The van der Waals surface area contributed by atoms with E-state index in [9.17, 15) is 13.2 Å². The van der Waals surface area contributed by atoms with Gasteiger partial charge in [-0.15, -0.1) is 0 Å². The van der Waals surface area contributed by atoms with Crippen LogP contribution >= 0.6 is 0 Å². The summed E-state index contributed by atoms with van der Waals surface area (Å²) in [6, 6.07) is 21.6. The largest absolute Gasteiger partial charge is 0.489 e. The van der Waals surface area contributed by atoms with Crippen molar-refractivity contribution in [2.24, 2.45) is 0 Å². The molecule has 0 fully saturated rings. The van der Waals surface area contributed by atoms with Crippen LogP contribution in [0.3, 0.4) is 0 Å². The Hall–Kier alpha value is -3.27. The summed E-state index contributed by atoms with van der Waals surface area (Å²) in [5.74, 6) is -2.98. The third-order valence-corrected chi connectivity index (χ3v) is 5.00. The third-order valence-electron chi connectivity index (χ3n) is 5.00. The van der Waals surface area contributed by atoms with Crippen molar-refractivity contribution < 1.29 is 17.9 Å². The maximum atomic E-state index is 13.9. The predicted octanol–water partition coefficient (Wildman–Crippen LogP) is 7.07. The number of benzene rings is 4. The number of rotatable bonds is 5. The minimum Gasteiger partial charge on any atom is -0.489 e. The highest BCUT2D eigenvalue weighted by atomic mass is 19.2. The van der Waals surface area contributed by atoms with Gasteiger partial charge in [-0.3, -0.25) is 0 Å². The van der Waals surface area contributed by atoms with Gasteiger partial charge >= 0.3 is 0 Å².